The fourth-order valence-corrected chi connectivity index (χ4v) is 1.91. The molecule has 0 spiro atoms. The van der Waals surface area contributed by atoms with Crippen molar-refractivity contribution < 1.29 is 13.7 Å². The van der Waals surface area contributed by atoms with Crippen molar-refractivity contribution in [2.75, 3.05) is 5.32 Å². The van der Waals surface area contributed by atoms with Crippen LogP contribution >= 0.6 is 11.3 Å². The first kappa shape index (κ1) is 10.7. The van der Waals surface area contributed by atoms with E-state index in [2.05, 4.69) is 20.7 Å². The predicted molar refractivity (Wildman–Crippen MR) is 62.1 cm³/mol. The molecule has 3 heterocycles. The fourth-order valence-electron chi connectivity index (χ4n) is 1.27. The summed E-state index contributed by atoms with van der Waals surface area (Å²) in [5.74, 6) is -0.0578. The molecule has 1 N–H and O–H groups in total. The molecule has 0 aliphatic carbocycles. The maximum Gasteiger partial charge on any atom is 0.322 e. The lowest BCUT2D eigenvalue weighted by atomic mass is 10.4. The summed E-state index contributed by atoms with van der Waals surface area (Å²) in [5, 5.41) is 15.3. The summed E-state index contributed by atoms with van der Waals surface area (Å²) in [7, 11) is 0. The summed E-state index contributed by atoms with van der Waals surface area (Å²) < 4.78 is 9.99. The molecule has 90 valence electrons. The largest absolute Gasteiger partial charge is 0.402 e. The Labute approximate surface area is 104 Å². The van der Waals surface area contributed by atoms with Crippen LogP contribution in [-0.2, 0) is 0 Å². The van der Waals surface area contributed by atoms with Crippen LogP contribution < -0.4 is 5.32 Å². The highest BCUT2D eigenvalue weighted by atomic mass is 32.1. The van der Waals surface area contributed by atoms with Gasteiger partial charge in [-0.3, -0.25) is 10.1 Å². The van der Waals surface area contributed by atoms with Crippen molar-refractivity contribution in [2.24, 2.45) is 0 Å². The summed E-state index contributed by atoms with van der Waals surface area (Å²) in [5.41, 5.74) is 0. The van der Waals surface area contributed by atoms with Gasteiger partial charge in [-0.15, -0.1) is 16.4 Å². The first-order chi connectivity index (χ1) is 8.83. The molecule has 0 bridgehead atoms. The molecule has 0 aliphatic heterocycles. The van der Waals surface area contributed by atoms with Crippen LogP contribution in [0.4, 0.5) is 6.01 Å². The maximum absolute atomic E-state index is 11.6. The van der Waals surface area contributed by atoms with Gasteiger partial charge in [-0.25, -0.2) is 0 Å². The quantitative estimate of drug-likeness (QED) is 0.776. The molecule has 7 nitrogen and oxygen atoms in total. The third kappa shape index (κ3) is 2.00. The highest BCUT2D eigenvalue weighted by Gasteiger charge is 2.15. The van der Waals surface area contributed by atoms with Crippen LogP contribution in [0.5, 0.6) is 0 Å². The molecule has 3 aromatic rings. The van der Waals surface area contributed by atoms with Crippen LogP contribution in [0.3, 0.4) is 0 Å². The SMILES string of the molecule is O=C(Nc1nnc(-c2cccs2)o1)c1ccno1. The van der Waals surface area contributed by atoms with Gasteiger partial charge >= 0.3 is 6.01 Å². The zero-order chi connectivity index (χ0) is 12.4. The van der Waals surface area contributed by atoms with E-state index in [-0.39, 0.29) is 11.8 Å². The monoisotopic (exact) mass is 262 g/mol. The Morgan fingerprint density at radius 1 is 1.33 bits per heavy atom. The molecule has 0 atom stereocenters. The normalized spacial score (nSPS) is 10.4. The number of hydrogen-bond donors (Lipinski definition) is 1. The van der Waals surface area contributed by atoms with E-state index < -0.39 is 5.91 Å². The Morgan fingerprint density at radius 3 is 3.00 bits per heavy atom. The van der Waals surface area contributed by atoms with Crippen LogP contribution in [0.1, 0.15) is 10.6 Å². The Kier molecular flexibility index (Phi) is 2.61. The van der Waals surface area contributed by atoms with E-state index in [4.69, 9.17) is 8.94 Å². The molecule has 0 aliphatic rings. The minimum atomic E-state index is -0.492. The number of nitrogens with zero attached hydrogens (tertiary/aromatic N) is 3. The van der Waals surface area contributed by atoms with Gasteiger partial charge in [-0.2, -0.15) is 0 Å². The van der Waals surface area contributed by atoms with Gasteiger partial charge in [0.15, 0.2) is 0 Å². The van der Waals surface area contributed by atoms with E-state index in [9.17, 15) is 4.79 Å². The van der Waals surface area contributed by atoms with Gasteiger partial charge in [0.2, 0.25) is 5.76 Å². The first-order valence-electron chi connectivity index (χ1n) is 4.92. The molecule has 0 saturated carbocycles. The van der Waals surface area contributed by atoms with Crippen LogP contribution in [0, 0.1) is 0 Å². The van der Waals surface area contributed by atoms with Crippen molar-refractivity contribution in [3.05, 3.63) is 35.5 Å². The first-order valence-corrected chi connectivity index (χ1v) is 5.80. The Morgan fingerprint density at radius 2 is 2.28 bits per heavy atom. The maximum atomic E-state index is 11.6. The van der Waals surface area contributed by atoms with Gasteiger partial charge in [0.25, 0.3) is 11.8 Å². The number of aromatic nitrogens is 3. The summed E-state index contributed by atoms with van der Waals surface area (Å²) in [6, 6.07) is 5.17. The molecule has 0 aromatic carbocycles. The Balaban J connectivity index is 1.76. The molecule has 0 fully saturated rings. The molecule has 3 rings (SSSR count). The minimum absolute atomic E-state index is 0.0137. The van der Waals surface area contributed by atoms with Crippen molar-refractivity contribution >= 4 is 23.3 Å². The summed E-state index contributed by atoms with van der Waals surface area (Å²) in [6.07, 6.45) is 1.37. The highest BCUT2D eigenvalue weighted by molar-refractivity contribution is 7.13. The van der Waals surface area contributed by atoms with E-state index >= 15 is 0 Å². The molecular formula is C10H6N4O3S. The zero-order valence-corrected chi connectivity index (χ0v) is 9.68. The van der Waals surface area contributed by atoms with Gasteiger partial charge in [0.05, 0.1) is 11.1 Å². The lowest BCUT2D eigenvalue weighted by Gasteiger charge is -1.94. The molecule has 3 aromatic heterocycles. The van der Waals surface area contributed by atoms with Crippen molar-refractivity contribution in [3.63, 3.8) is 0 Å². The zero-order valence-electron chi connectivity index (χ0n) is 8.86. The number of nitrogens with one attached hydrogen (secondary N) is 1. The van der Waals surface area contributed by atoms with Gasteiger partial charge in [-0.1, -0.05) is 16.3 Å². The van der Waals surface area contributed by atoms with E-state index in [1.807, 2.05) is 17.5 Å². The van der Waals surface area contributed by atoms with Gasteiger partial charge in [0, 0.05) is 6.07 Å². The average molecular weight is 262 g/mol. The van der Waals surface area contributed by atoms with E-state index in [1.54, 1.807) is 0 Å². The van der Waals surface area contributed by atoms with Crippen molar-refractivity contribution in [2.45, 2.75) is 0 Å². The third-order valence-electron chi connectivity index (χ3n) is 2.04. The molecule has 0 saturated heterocycles. The van der Waals surface area contributed by atoms with Gasteiger partial charge in [-0.05, 0) is 11.4 Å². The minimum Gasteiger partial charge on any atom is -0.402 e. The van der Waals surface area contributed by atoms with Crippen molar-refractivity contribution in [3.8, 4) is 10.8 Å². The van der Waals surface area contributed by atoms with Crippen LogP contribution in [0.25, 0.3) is 10.8 Å². The van der Waals surface area contributed by atoms with Crippen molar-refractivity contribution in [1.29, 1.82) is 0 Å². The number of amides is 1. The smallest absolute Gasteiger partial charge is 0.322 e. The topological polar surface area (TPSA) is 94.1 Å². The second-order valence-electron chi connectivity index (χ2n) is 3.22. The molecular weight excluding hydrogens is 256 g/mol. The van der Waals surface area contributed by atoms with Gasteiger partial charge < -0.3 is 8.94 Å². The fraction of sp³-hybridized carbons (Fsp3) is 0. The number of anilines is 1. The molecule has 0 radical (unpaired) electrons. The summed E-state index contributed by atoms with van der Waals surface area (Å²) >= 11 is 1.47. The molecule has 0 unspecified atom stereocenters. The second kappa shape index (κ2) is 4.41. The predicted octanol–water partition coefficient (Wildman–Crippen LogP) is 2.04. The third-order valence-corrected chi connectivity index (χ3v) is 2.90. The van der Waals surface area contributed by atoms with Crippen LogP contribution in [-0.4, -0.2) is 21.3 Å². The average Bonchev–Trinajstić information content (AvgIpc) is 3.12. The summed E-state index contributed by atoms with van der Waals surface area (Å²) in [4.78, 5) is 12.4. The molecule has 18 heavy (non-hydrogen) atoms. The highest BCUT2D eigenvalue weighted by Crippen LogP contribution is 2.24. The second-order valence-corrected chi connectivity index (χ2v) is 4.17. The lowest BCUT2D eigenvalue weighted by Crippen LogP contribution is -2.11. The van der Waals surface area contributed by atoms with Gasteiger partial charge in [0.1, 0.15) is 0 Å². The van der Waals surface area contributed by atoms with E-state index in [1.165, 1.54) is 23.6 Å². The van der Waals surface area contributed by atoms with Crippen molar-refractivity contribution in [1.82, 2.24) is 15.4 Å². The number of rotatable bonds is 3. The molecule has 8 heteroatoms. The Bertz CT molecular complexity index is 645. The van der Waals surface area contributed by atoms with Crippen LogP contribution in [0.15, 0.2) is 38.7 Å². The standard InChI is InChI=1S/C10H6N4O3S/c15-8(6-3-4-11-17-6)12-10-14-13-9(16-10)7-2-1-5-18-7/h1-5H,(H,12,14,15). The number of carbonyl (C=O) groups is 1. The number of thiophene rings is 1. The van der Waals surface area contributed by atoms with Crippen LogP contribution in [0.2, 0.25) is 0 Å². The van der Waals surface area contributed by atoms with E-state index in [0.29, 0.717) is 5.89 Å². The number of carbonyl (C=O) groups excluding carboxylic acids is 1. The number of hydrogen-bond acceptors (Lipinski definition) is 7. The molecule has 1 amide bonds. The lowest BCUT2D eigenvalue weighted by molar-refractivity contribution is 0.0985. The summed E-state index contributed by atoms with van der Waals surface area (Å²) in [6.45, 7) is 0. The van der Waals surface area contributed by atoms with E-state index in [0.717, 1.165) is 4.88 Å². The Hall–Kier alpha value is -2.48.